The summed E-state index contributed by atoms with van der Waals surface area (Å²) in [6.07, 6.45) is 1.91. The van der Waals surface area contributed by atoms with Gasteiger partial charge in [-0.2, -0.15) is 0 Å². The van der Waals surface area contributed by atoms with Crippen molar-refractivity contribution in [3.63, 3.8) is 0 Å². The van der Waals surface area contributed by atoms with Crippen molar-refractivity contribution in [3.8, 4) is 5.75 Å². The lowest BCUT2D eigenvalue weighted by Crippen LogP contribution is -2.48. The van der Waals surface area contributed by atoms with Gasteiger partial charge in [0.25, 0.3) is 0 Å². The third kappa shape index (κ3) is 3.36. The molecule has 1 aromatic rings. The van der Waals surface area contributed by atoms with Crippen LogP contribution in [-0.2, 0) is 9.53 Å². The summed E-state index contributed by atoms with van der Waals surface area (Å²) in [7, 11) is 0. The predicted octanol–water partition coefficient (Wildman–Crippen LogP) is 1.03. The fourth-order valence-corrected chi connectivity index (χ4v) is 2.95. The van der Waals surface area contributed by atoms with Crippen LogP contribution >= 0.6 is 0 Å². The van der Waals surface area contributed by atoms with E-state index in [-0.39, 0.29) is 24.0 Å². The van der Waals surface area contributed by atoms with Crippen LogP contribution in [0.25, 0.3) is 0 Å². The molecule has 0 radical (unpaired) electrons. The first-order chi connectivity index (χ1) is 10.2. The average molecular weight is 290 g/mol. The highest BCUT2D eigenvalue weighted by Gasteiger charge is 2.35. The monoisotopic (exact) mass is 290 g/mol. The summed E-state index contributed by atoms with van der Waals surface area (Å²) < 4.78 is 11.2. The summed E-state index contributed by atoms with van der Waals surface area (Å²) in [5.41, 5.74) is 5.92. The highest BCUT2D eigenvalue weighted by Crippen LogP contribution is 2.21. The number of nitrogens with zero attached hydrogens (tertiary/aromatic N) is 1. The third-order valence-corrected chi connectivity index (χ3v) is 4.24. The smallest absolute Gasteiger partial charge is 0.229 e. The highest BCUT2D eigenvalue weighted by atomic mass is 16.5. The van der Waals surface area contributed by atoms with Crippen LogP contribution in [0.3, 0.4) is 0 Å². The third-order valence-electron chi connectivity index (χ3n) is 4.24. The first-order valence-corrected chi connectivity index (χ1v) is 7.58. The number of nitrogens with two attached hydrogens (primary N) is 1. The molecule has 5 heteroatoms. The van der Waals surface area contributed by atoms with Gasteiger partial charge in [-0.25, -0.2) is 0 Å². The number of hydrogen-bond donors (Lipinski definition) is 1. The number of piperidine rings is 1. The minimum Gasteiger partial charge on any atom is -0.490 e. The van der Waals surface area contributed by atoms with E-state index in [9.17, 15) is 4.79 Å². The summed E-state index contributed by atoms with van der Waals surface area (Å²) in [4.78, 5) is 14.3. The van der Waals surface area contributed by atoms with Crippen LogP contribution in [0.5, 0.6) is 5.75 Å². The van der Waals surface area contributed by atoms with Crippen molar-refractivity contribution >= 4 is 5.91 Å². The summed E-state index contributed by atoms with van der Waals surface area (Å²) in [6.45, 7) is 2.42. The molecule has 114 valence electrons. The molecule has 0 bridgehead atoms. The SMILES string of the molecule is NC1COCC1C(=O)N1CCC(Oc2ccccc2)CC1. The summed E-state index contributed by atoms with van der Waals surface area (Å²) >= 11 is 0. The molecule has 2 saturated heterocycles. The minimum absolute atomic E-state index is 0.137. The topological polar surface area (TPSA) is 64.8 Å². The number of rotatable bonds is 3. The Morgan fingerprint density at radius 3 is 2.52 bits per heavy atom. The van der Waals surface area contributed by atoms with Crippen LogP contribution in [0, 0.1) is 5.92 Å². The molecule has 0 aromatic heterocycles. The normalized spacial score (nSPS) is 26.8. The van der Waals surface area contributed by atoms with Crippen molar-refractivity contribution in [1.82, 2.24) is 4.90 Å². The summed E-state index contributed by atoms with van der Waals surface area (Å²) in [5, 5.41) is 0. The molecule has 0 saturated carbocycles. The van der Waals surface area contributed by atoms with E-state index in [0.717, 1.165) is 31.7 Å². The standard InChI is InChI=1S/C16H22N2O3/c17-15-11-20-10-14(15)16(19)18-8-6-13(7-9-18)21-12-4-2-1-3-5-12/h1-5,13-15H,6-11,17H2. The first kappa shape index (κ1) is 14.4. The van der Waals surface area contributed by atoms with E-state index >= 15 is 0 Å². The van der Waals surface area contributed by atoms with Crippen molar-refractivity contribution in [2.75, 3.05) is 26.3 Å². The molecule has 2 unspecified atom stereocenters. The maximum absolute atomic E-state index is 12.4. The molecule has 2 heterocycles. The average Bonchev–Trinajstić information content (AvgIpc) is 2.94. The number of likely N-dealkylation sites (tertiary alicyclic amines) is 1. The van der Waals surface area contributed by atoms with E-state index in [2.05, 4.69) is 0 Å². The molecular weight excluding hydrogens is 268 g/mol. The van der Waals surface area contributed by atoms with E-state index < -0.39 is 0 Å². The van der Waals surface area contributed by atoms with Gasteiger partial charge < -0.3 is 20.1 Å². The largest absolute Gasteiger partial charge is 0.490 e. The van der Waals surface area contributed by atoms with Crippen molar-refractivity contribution < 1.29 is 14.3 Å². The lowest BCUT2D eigenvalue weighted by Gasteiger charge is -2.34. The molecular formula is C16H22N2O3. The Balaban J connectivity index is 1.50. The number of carbonyl (C=O) groups is 1. The fraction of sp³-hybridized carbons (Fsp3) is 0.562. The Kier molecular flexibility index (Phi) is 4.41. The van der Waals surface area contributed by atoms with Gasteiger partial charge in [0.2, 0.25) is 5.91 Å². The quantitative estimate of drug-likeness (QED) is 0.903. The Morgan fingerprint density at radius 1 is 1.19 bits per heavy atom. The molecule has 2 atom stereocenters. The van der Waals surface area contributed by atoms with Crippen LogP contribution in [0.2, 0.25) is 0 Å². The van der Waals surface area contributed by atoms with Gasteiger partial charge in [0.05, 0.1) is 19.1 Å². The molecule has 1 aromatic carbocycles. The van der Waals surface area contributed by atoms with Crippen molar-refractivity contribution in [3.05, 3.63) is 30.3 Å². The van der Waals surface area contributed by atoms with Gasteiger partial charge >= 0.3 is 0 Å². The zero-order valence-electron chi connectivity index (χ0n) is 12.1. The molecule has 21 heavy (non-hydrogen) atoms. The van der Waals surface area contributed by atoms with Gasteiger partial charge in [-0.1, -0.05) is 18.2 Å². The van der Waals surface area contributed by atoms with Gasteiger partial charge in [0, 0.05) is 32.0 Å². The van der Waals surface area contributed by atoms with Gasteiger partial charge in [0.1, 0.15) is 11.9 Å². The number of hydrogen-bond acceptors (Lipinski definition) is 4. The van der Waals surface area contributed by atoms with Crippen LogP contribution < -0.4 is 10.5 Å². The van der Waals surface area contributed by atoms with Crippen molar-refractivity contribution in [2.45, 2.75) is 25.0 Å². The molecule has 0 spiro atoms. The van der Waals surface area contributed by atoms with Crippen molar-refractivity contribution in [2.24, 2.45) is 11.7 Å². The number of para-hydroxylation sites is 1. The van der Waals surface area contributed by atoms with E-state index in [1.54, 1.807) is 0 Å². The number of carbonyl (C=O) groups excluding carboxylic acids is 1. The minimum atomic E-state index is -0.170. The molecule has 1 amide bonds. The Hall–Kier alpha value is -1.59. The molecule has 2 fully saturated rings. The lowest BCUT2D eigenvalue weighted by molar-refractivity contribution is -0.137. The molecule has 2 aliphatic heterocycles. The molecule has 0 aliphatic carbocycles. The van der Waals surface area contributed by atoms with Gasteiger partial charge in [-0.3, -0.25) is 4.79 Å². The molecule has 5 nitrogen and oxygen atoms in total. The van der Waals surface area contributed by atoms with Gasteiger partial charge in [0.15, 0.2) is 0 Å². The number of amides is 1. The number of benzene rings is 1. The highest BCUT2D eigenvalue weighted by molar-refractivity contribution is 5.80. The van der Waals surface area contributed by atoms with Gasteiger partial charge in [-0.15, -0.1) is 0 Å². The van der Waals surface area contributed by atoms with E-state index in [4.69, 9.17) is 15.2 Å². The zero-order valence-corrected chi connectivity index (χ0v) is 12.1. The van der Waals surface area contributed by atoms with Crippen molar-refractivity contribution in [1.29, 1.82) is 0 Å². The predicted molar refractivity (Wildman–Crippen MR) is 79.0 cm³/mol. The summed E-state index contributed by atoms with van der Waals surface area (Å²) in [5.74, 6) is 0.864. The van der Waals surface area contributed by atoms with Crippen LogP contribution in [-0.4, -0.2) is 49.3 Å². The van der Waals surface area contributed by atoms with Crippen LogP contribution in [0.1, 0.15) is 12.8 Å². The zero-order chi connectivity index (χ0) is 14.7. The Labute approximate surface area is 125 Å². The van der Waals surface area contributed by atoms with E-state index in [1.807, 2.05) is 35.2 Å². The lowest BCUT2D eigenvalue weighted by atomic mass is 10.00. The van der Waals surface area contributed by atoms with Gasteiger partial charge in [-0.05, 0) is 12.1 Å². The Morgan fingerprint density at radius 2 is 1.90 bits per heavy atom. The second-order valence-corrected chi connectivity index (χ2v) is 5.76. The van der Waals surface area contributed by atoms with E-state index in [0.29, 0.717) is 13.2 Å². The number of ether oxygens (including phenoxy) is 2. The Bertz CT molecular complexity index is 472. The van der Waals surface area contributed by atoms with Crippen LogP contribution in [0.15, 0.2) is 30.3 Å². The molecule has 2 aliphatic rings. The molecule has 3 rings (SSSR count). The fourth-order valence-electron chi connectivity index (χ4n) is 2.95. The maximum Gasteiger partial charge on any atom is 0.229 e. The second kappa shape index (κ2) is 6.45. The molecule has 2 N–H and O–H groups in total. The first-order valence-electron chi connectivity index (χ1n) is 7.58. The van der Waals surface area contributed by atoms with E-state index in [1.165, 1.54) is 0 Å². The maximum atomic E-state index is 12.4. The van der Waals surface area contributed by atoms with Crippen LogP contribution in [0.4, 0.5) is 0 Å². The second-order valence-electron chi connectivity index (χ2n) is 5.76. The summed E-state index contributed by atoms with van der Waals surface area (Å²) in [6, 6.07) is 9.68.